The van der Waals surface area contributed by atoms with Crippen LogP contribution in [0.2, 0.25) is 0 Å². The second-order valence-corrected chi connectivity index (χ2v) is 6.72. The van der Waals surface area contributed by atoms with Gasteiger partial charge in [-0.2, -0.15) is 0 Å². The molecule has 0 saturated carbocycles. The van der Waals surface area contributed by atoms with Crippen LogP contribution in [-0.2, 0) is 9.53 Å². The molecule has 0 radical (unpaired) electrons. The maximum Gasteiger partial charge on any atom is 0.337 e. The highest BCUT2D eigenvalue weighted by molar-refractivity contribution is 5.96. The van der Waals surface area contributed by atoms with E-state index in [-0.39, 0.29) is 30.2 Å². The zero-order chi connectivity index (χ0) is 20.0. The van der Waals surface area contributed by atoms with Crippen LogP contribution in [0.5, 0.6) is 0 Å². The molecular formula is C21H25FN2O3. The molecular weight excluding hydrogens is 347 g/mol. The Morgan fingerprint density at radius 2 is 1.78 bits per heavy atom. The van der Waals surface area contributed by atoms with Gasteiger partial charge in [0.15, 0.2) is 0 Å². The number of anilines is 1. The second kappa shape index (κ2) is 9.28. The van der Waals surface area contributed by atoms with E-state index in [4.69, 9.17) is 4.74 Å². The number of hydrogen-bond donors (Lipinski definition) is 2. The van der Waals surface area contributed by atoms with Gasteiger partial charge in [0.05, 0.1) is 19.2 Å². The number of carbonyl (C=O) groups is 2. The molecule has 0 spiro atoms. The van der Waals surface area contributed by atoms with Crippen LogP contribution in [-0.4, -0.2) is 25.5 Å². The van der Waals surface area contributed by atoms with Gasteiger partial charge in [0, 0.05) is 11.7 Å². The van der Waals surface area contributed by atoms with Crippen LogP contribution >= 0.6 is 0 Å². The largest absolute Gasteiger partial charge is 0.465 e. The number of aryl methyl sites for hydroxylation is 1. The number of nitrogens with one attached hydrogen (secondary N) is 2. The molecule has 1 amide bonds. The highest BCUT2D eigenvalue weighted by Gasteiger charge is 2.17. The zero-order valence-electron chi connectivity index (χ0n) is 16.0. The van der Waals surface area contributed by atoms with Crippen molar-refractivity contribution in [3.63, 3.8) is 0 Å². The Balaban J connectivity index is 2.04. The van der Waals surface area contributed by atoms with E-state index in [0.717, 1.165) is 11.1 Å². The number of carbonyl (C=O) groups excluding carboxylic acids is 2. The minimum Gasteiger partial charge on any atom is -0.465 e. The van der Waals surface area contributed by atoms with Crippen molar-refractivity contribution in [1.82, 2.24) is 5.32 Å². The Kier molecular flexibility index (Phi) is 7.07. The Morgan fingerprint density at radius 1 is 1.11 bits per heavy atom. The molecule has 0 fully saturated rings. The van der Waals surface area contributed by atoms with Crippen LogP contribution in [0.1, 0.15) is 41.4 Å². The van der Waals surface area contributed by atoms with Crippen LogP contribution in [0, 0.1) is 18.7 Å². The van der Waals surface area contributed by atoms with Crippen LogP contribution < -0.4 is 10.6 Å². The summed E-state index contributed by atoms with van der Waals surface area (Å²) in [5, 5.41) is 6.03. The minimum atomic E-state index is -0.459. The Hall–Kier alpha value is -2.73. The van der Waals surface area contributed by atoms with Crippen molar-refractivity contribution in [2.45, 2.75) is 26.8 Å². The molecule has 2 aromatic carbocycles. The molecule has 5 nitrogen and oxygen atoms in total. The molecule has 0 unspecified atom stereocenters. The summed E-state index contributed by atoms with van der Waals surface area (Å²) < 4.78 is 17.9. The number of halogens is 1. The van der Waals surface area contributed by atoms with Gasteiger partial charge in [0.25, 0.3) is 0 Å². The molecule has 27 heavy (non-hydrogen) atoms. The van der Waals surface area contributed by atoms with E-state index < -0.39 is 5.97 Å². The fraction of sp³-hybridized carbons (Fsp3) is 0.333. The average molecular weight is 372 g/mol. The molecule has 0 aromatic heterocycles. The predicted octanol–water partition coefficient (Wildman–Crippen LogP) is 3.85. The average Bonchev–Trinajstić information content (AvgIpc) is 2.64. The molecule has 2 aromatic rings. The SMILES string of the molecule is COC(=O)c1ccc(C)c(NC(=O)CN[C@H](c2ccc(F)cc2)C(C)C)c1. The Labute approximate surface area is 158 Å². The standard InChI is InChI=1S/C21H25FN2O3/c1-13(2)20(15-7-9-17(22)10-8-15)23-12-19(25)24-18-11-16(21(26)27-4)6-5-14(18)3/h5-11,13,20,23H,12H2,1-4H3,(H,24,25)/t20-/m0/s1. The number of ether oxygens (including phenoxy) is 1. The van der Waals surface area contributed by atoms with Gasteiger partial charge in [-0.3, -0.25) is 4.79 Å². The zero-order valence-corrected chi connectivity index (χ0v) is 16.0. The lowest BCUT2D eigenvalue weighted by molar-refractivity contribution is -0.115. The third-order valence-electron chi connectivity index (χ3n) is 4.31. The van der Waals surface area contributed by atoms with Gasteiger partial charge in [-0.05, 0) is 48.2 Å². The first-order valence-electron chi connectivity index (χ1n) is 8.79. The van der Waals surface area contributed by atoms with Crippen LogP contribution in [0.4, 0.5) is 10.1 Å². The van der Waals surface area contributed by atoms with Gasteiger partial charge >= 0.3 is 5.97 Å². The van der Waals surface area contributed by atoms with Crippen molar-refractivity contribution >= 4 is 17.6 Å². The van der Waals surface area contributed by atoms with E-state index in [1.807, 2.05) is 20.8 Å². The number of esters is 1. The number of amides is 1. The quantitative estimate of drug-likeness (QED) is 0.725. The van der Waals surface area contributed by atoms with Gasteiger partial charge in [0.2, 0.25) is 5.91 Å². The molecule has 0 saturated heterocycles. The summed E-state index contributed by atoms with van der Waals surface area (Å²) in [6, 6.07) is 11.2. The highest BCUT2D eigenvalue weighted by Crippen LogP contribution is 2.22. The fourth-order valence-electron chi connectivity index (χ4n) is 2.81. The topological polar surface area (TPSA) is 67.4 Å². The third kappa shape index (κ3) is 5.62. The van der Waals surface area contributed by atoms with E-state index in [1.54, 1.807) is 30.3 Å². The predicted molar refractivity (Wildman–Crippen MR) is 103 cm³/mol. The summed E-state index contributed by atoms with van der Waals surface area (Å²) in [6.45, 7) is 5.99. The molecule has 1 atom stereocenters. The van der Waals surface area contributed by atoms with Crippen LogP contribution in [0.25, 0.3) is 0 Å². The lowest BCUT2D eigenvalue weighted by atomic mass is 9.96. The molecule has 2 rings (SSSR count). The summed E-state index contributed by atoms with van der Waals surface area (Å²) >= 11 is 0. The van der Waals surface area contributed by atoms with Crippen molar-refractivity contribution < 1.29 is 18.7 Å². The highest BCUT2D eigenvalue weighted by atomic mass is 19.1. The number of benzene rings is 2. The Bertz CT molecular complexity index is 804. The number of methoxy groups -OCH3 is 1. The van der Waals surface area contributed by atoms with Crippen molar-refractivity contribution in [3.8, 4) is 0 Å². The number of rotatable bonds is 7. The maximum atomic E-state index is 13.1. The lowest BCUT2D eigenvalue weighted by Crippen LogP contribution is -2.33. The van der Waals surface area contributed by atoms with E-state index >= 15 is 0 Å². The number of hydrogen-bond acceptors (Lipinski definition) is 4. The summed E-state index contributed by atoms with van der Waals surface area (Å²) in [5.74, 6) is -0.764. The summed E-state index contributed by atoms with van der Waals surface area (Å²) in [4.78, 5) is 24.0. The van der Waals surface area contributed by atoms with E-state index in [1.165, 1.54) is 19.2 Å². The minimum absolute atomic E-state index is 0.0844. The van der Waals surface area contributed by atoms with Gasteiger partial charge in [0.1, 0.15) is 5.82 Å². The van der Waals surface area contributed by atoms with Crippen molar-refractivity contribution in [3.05, 3.63) is 65.0 Å². The first-order chi connectivity index (χ1) is 12.8. The van der Waals surface area contributed by atoms with Gasteiger partial charge in [-0.15, -0.1) is 0 Å². The van der Waals surface area contributed by atoms with Crippen molar-refractivity contribution in [1.29, 1.82) is 0 Å². The van der Waals surface area contributed by atoms with E-state index in [2.05, 4.69) is 10.6 Å². The van der Waals surface area contributed by atoms with Gasteiger partial charge < -0.3 is 15.4 Å². The second-order valence-electron chi connectivity index (χ2n) is 6.72. The van der Waals surface area contributed by atoms with Crippen LogP contribution in [0.15, 0.2) is 42.5 Å². The van der Waals surface area contributed by atoms with Gasteiger partial charge in [-0.25, -0.2) is 9.18 Å². The Morgan fingerprint density at radius 3 is 2.37 bits per heavy atom. The lowest BCUT2D eigenvalue weighted by Gasteiger charge is -2.23. The van der Waals surface area contributed by atoms with Crippen LogP contribution in [0.3, 0.4) is 0 Å². The smallest absolute Gasteiger partial charge is 0.337 e. The van der Waals surface area contributed by atoms with E-state index in [0.29, 0.717) is 11.3 Å². The summed E-state index contributed by atoms with van der Waals surface area (Å²) in [6.07, 6.45) is 0. The monoisotopic (exact) mass is 372 g/mol. The first-order valence-corrected chi connectivity index (χ1v) is 8.79. The van der Waals surface area contributed by atoms with Crippen molar-refractivity contribution in [2.75, 3.05) is 19.0 Å². The molecule has 6 heteroatoms. The molecule has 0 heterocycles. The molecule has 0 bridgehead atoms. The fourth-order valence-corrected chi connectivity index (χ4v) is 2.81. The maximum absolute atomic E-state index is 13.1. The molecule has 0 aliphatic carbocycles. The molecule has 0 aliphatic heterocycles. The third-order valence-corrected chi connectivity index (χ3v) is 4.31. The normalized spacial score (nSPS) is 11.9. The summed E-state index contributed by atoms with van der Waals surface area (Å²) in [5.41, 5.74) is 2.70. The summed E-state index contributed by atoms with van der Waals surface area (Å²) in [7, 11) is 1.31. The molecule has 0 aliphatic rings. The van der Waals surface area contributed by atoms with E-state index in [9.17, 15) is 14.0 Å². The molecule has 144 valence electrons. The first kappa shape index (κ1) is 20.6. The van der Waals surface area contributed by atoms with Gasteiger partial charge in [-0.1, -0.05) is 32.0 Å². The van der Waals surface area contributed by atoms with Crippen molar-refractivity contribution in [2.24, 2.45) is 5.92 Å². The molecule has 2 N–H and O–H groups in total.